The van der Waals surface area contributed by atoms with E-state index in [0.29, 0.717) is 24.1 Å². The van der Waals surface area contributed by atoms with Gasteiger partial charge >= 0.3 is 0 Å². The highest BCUT2D eigenvalue weighted by Gasteiger charge is 2.11. The third kappa shape index (κ3) is 6.62. The summed E-state index contributed by atoms with van der Waals surface area (Å²) in [6.45, 7) is 1.19. The van der Waals surface area contributed by atoms with Crippen LogP contribution in [-0.4, -0.2) is 31.6 Å². The van der Waals surface area contributed by atoms with Crippen molar-refractivity contribution in [2.45, 2.75) is 12.6 Å². The summed E-state index contributed by atoms with van der Waals surface area (Å²) in [5.74, 6) is 0.694. The minimum absolute atomic E-state index is 0. The van der Waals surface area contributed by atoms with Gasteiger partial charge in [-0.2, -0.15) is 0 Å². The molecule has 0 fully saturated rings. The second kappa shape index (κ2) is 11.2. The van der Waals surface area contributed by atoms with Crippen molar-refractivity contribution in [1.82, 2.24) is 15.6 Å². The summed E-state index contributed by atoms with van der Waals surface area (Å²) < 4.78 is 5.53. The minimum Gasteiger partial charge on any atom is -0.375 e. The third-order valence-corrected chi connectivity index (χ3v) is 3.58. The lowest BCUT2D eigenvalue weighted by Gasteiger charge is -2.19. The molecule has 0 saturated carbocycles. The third-order valence-electron chi connectivity index (χ3n) is 3.35. The molecule has 24 heavy (non-hydrogen) atoms. The second-order valence-electron chi connectivity index (χ2n) is 4.91. The number of hydrogen-bond donors (Lipinski definition) is 2. The number of hydrogen-bond acceptors (Lipinski definition) is 3. The number of aliphatic imine (C=N–C) groups is 1. The number of guanidine groups is 1. The molecule has 0 spiro atoms. The number of nitrogens with one attached hydrogen (secondary N) is 2. The molecule has 2 rings (SSSR count). The lowest BCUT2D eigenvalue weighted by molar-refractivity contribution is 0.106. The van der Waals surface area contributed by atoms with E-state index in [1.54, 1.807) is 20.4 Å². The van der Waals surface area contributed by atoms with Crippen LogP contribution in [0.5, 0.6) is 0 Å². The molecule has 5 nitrogen and oxygen atoms in total. The van der Waals surface area contributed by atoms with Gasteiger partial charge in [-0.15, -0.1) is 24.0 Å². The Kier molecular flexibility index (Phi) is 9.66. The lowest BCUT2D eigenvalue weighted by Crippen LogP contribution is -2.39. The molecule has 2 aromatic rings. The Balaban J connectivity index is 0.00000288. The van der Waals surface area contributed by atoms with Crippen molar-refractivity contribution in [3.05, 3.63) is 64.9 Å². The van der Waals surface area contributed by atoms with E-state index in [1.165, 1.54) is 0 Å². The van der Waals surface area contributed by atoms with Crippen LogP contribution in [0.25, 0.3) is 0 Å². The number of methoxy groups -OCH3 is 1. The van der Waals surface area contributed by atoms with Crippen molar-refractivity contribution in [1.29, 1.82) is 0 Å². The summed E-state index contributed by atoms with van der Waals surface area (Å²) in [6, 6.07) is 13.5. The first-order valence-corrected chi connectivity index (χ1v) is 7.73. The van der Waals surface area contributed by atoms with Crippen molar-refractivity contribution in [3.63, 3.8) is 0 Å². The molecule has 1 unspecified atom stereocenters. The van der Waals surface area contributed by atoms with Gasteiger partial charge in [0.2, 0.25) is 0 Å². The first-order chi connectivity index (χ1) is 11.2. The summed E-state index contributed by atoms with van der Waals surface area (Å²) in [5, 5.41) is 7.17. The van der Waals surface area contributed by atoms with E-state index in [1.807, 2.05) is 42.5 Å². The number of ether oxygens (including phenoxy) is 1. The highest BCUT2D eigenvalue weighted by atomic mass is 127. The van der Waals surface area contributed by atoms with E-state index in [2.05, 4.69) is 20.6 Å². The van der Waals surface area contributed by atoms with Crippen LogP contribution in [0.4, 0.5) is 0 Å². The summed E-state index contributed by atoms with van der Waals surface area (Å²) >= 11 is 6.03. The zero-order chi connectivity index (χ0) is 16.5. The molecule has 0 amide bonds. The molecule has 1 heterocycles. The Bertz CT molecular complexity index is 639. The predicted octanol–water partition coefficient (Wildman–Crippen LogP) is 3.41. The molecule has 0 radical (unpaired) electrons. The fourth-order valence-electron chi connectivity index (χ4n) is 2.13. The van der Waals surface area contributed by atoms with Gasteiger partial charge in [0.05, 0.1) is 18.3 Å². The molecule has 0 saturated heterocycles. The van der Waals surface area contributed by atoms with Crippen LogP contribution in [0.1, 0.15) is 17.4 Å². The number of nitrogens with zero attached hydrogens (tertiary/aromatic N) is 2. The highest BCUT2D eigenvalue weighted by molar-refractivity contribution is 14.0. The molecule has 0 aliphatic rings. The molecule has 130 valence electrons. The van der Waals surface area contributed by atoms with Gasteiger partial charge in [0.1, 0.15) is 0 Å². The first kappa shape index (κ1) is 20.7. The van der Waals surface area contributed by atoms with Crippen molar-refractivity contribution in [2.75, 3.05) is 20.7 Å². The molecule has 0 aliphatic carbocycles. The van der Waals surface area contributed by atoms with Crippen LogP contribution in [0.2, 0.25) is 5.02 Å². The number of benzene rings is 1. The van der Waals surface area contributed by atoms with E-state index in [0.717, 1.165) is 11.3 Å². The lowest BCUT2D eigenvalue weighted by atomic mass is 10.1. The monoisotopic (exact) mass is 460 g/mol. The SMILES string of the molecule is CN=C(NCc1ccccn1)NCC(OC)c1cccc(Cl)c1.I. The van der Waals surface area contributed by atoms with Crippen LogP contribution >= 0.6 is 35.6 Å². The molecule has 1 atom stereocenters. The maximum atomic E-state index is 6.03. The zero-order valence-electron chi connectivity index (χ0n) is 13.7. The summed E-state index contributed by atoms with van der Waals surface area (Å²) in [4.78, 5) is 8.47. The molecule has 7 heteroatoms. The molecule has 1 aromatic heterocycles. The van der Waals surface area contributed by atoms with Gasteiger partial charge in [-0.3, -0.25) is 9.98 Å². The zero-order valence-corrected chi connectivity index (χ0v) is 16.8. The second-order valence-corrected chi connectivity index (χ2v) is 5.34. The smallest absolute Gasteiger partial charge is 0.191 e. The van der Waals surface area contributed by atoms with Gasteiger partial charge in [-0.25, -0.2) is 0 Å². The van der Waals surface area contributed by atoms with Crippen LogP contribution < -0.4 is 10.6 Å². The standard InChI is InChI=1S/C17H21ClN4O.HI/c1-19-17(21-11-15-8-3-4-9-20-15)22-12-16(23-2)13-6-5-7-14(18)10-13;/h3-10,16H,11-12H2,1-2H3,(H2,19,21,22);1H. The highest BCUT2D eigenvalue weighted by Crippen LogP contribution is 2.19. The molecule has 2 N–H and O–H groups in total. The van der Waals surface area contributed by atoms with Crippen LogP contribution in [-0.2, 0) is 11.3 Å². The van der Waals surface area contributed by atoms with Crippen molar-refractivity contribution >= 4 is 41.5 Å². The molecule has 0 bridgehead atoms. The quantitative estimate of drug-likeness (QED) is 0.394. The number of halogens is 2. The largest absolute Gasteiger partial charge is 0.375 e. The van der Waals surface area contributed by atoms with Gasteiger partial charge in [-0.1, -0.05) is 29.8 Å². The van der Waals surface area contributed by atoms with Crippen molar-refractivity contribution in [3.8, 4) is 0 Å². The summed E-state index contributed by atoms with van der Waals surface area (Å²) in [5.41, 5.74) is 1.97. The molecular formula is C17H22ClIN4O. The molecule has 0 aliphatic heterocycles. The van der Waals surface area contributed by atoms with Crippen molar-refractivity contribution < 1.29 is 4.74 Å². The van der Waals surface area contributed by atoms with Crippen LogP contribution in [0.3, 0.4) is 0 Å². The van der Waals surface area contributed by atoms with Crippen molar-refractivity contribution in [2.24, 2.45) is 4.99 Å². The molecule has 1 aromatic carbocycles. The van der Waals surface area contributed by atoms with E-state index >= 15 is 0 Å². The van der Waals surface area contributed by atoms with Crippen LogP contribution in [0.15, 0.2) is 53.7 Å². The number of aromatic nitrogens is 1. The Morgan fingerprint density at radius 2 is 2.08 bits per heavy atom. The Hall–Kier alpha value is -1.38. The van der Waals surface area contributed by atoms with E-state index < -0.39 is 0 Å². The van der Waals surface area contributed by atoms with E-state index in [-0.39, 0.29) is 30.1 Å². The Morgan fingerprint density at radius 3 is 2.71 bits per heavy atom. The fourth-order valence-corrected chi connectivity index (χ4v) is 2.33. The summed E-state index contributed by atoms with van der Waals surface area (Å²) in [6.07, 6.45) is 1.66. The van der Waals surface area contributed by atoms with Gasteiger partial charge in [-0.05, 0) is 29.8 Å². The fraction of sp³-hybridized carbons (Fsp3) is 0.294. The maximum Gasteiger partial charge on any atom is 0.191 e. The Labute approximate surface area is 164 Å². The minimum atomic E-state index is -0.109. The van der Waals surface area contributed by atoms with Crippen LogP contribution in [0, 0.1) is 0 Å². The van der Waals surface area contributed by atoms with E-state index in [4.69, 9.17) is 16.3 Å². The predicted molar refractivity (Wildman–Crippen MR) is 109 cm³/mol. The first-order valence-electron chi connectivity index (χ1n) is 7.35. The Morgan fingerprint density at radius 1 is 1.25 bits per heavy atom. The van der Waals surface area contributed by atoms with E-state index in [9.17, 15) is 0 Å². The average molecular weight is 461 g/mol. The average Bonchev–Trinajstić information content (AvgIpc) is 2.59. The maximum absolute atomic E-state index is 6.03. The molecular weight excluding hydrogens is 439 g/mol. The topological polar surface area (TPSA) is 58.5 Å². The summed E-state index contributed by atoms with van der Waals surface area (Å²) in [7, 11) is 3.41. The number of pyridine rings is 1. The van der Waals surface area contributed by atoms with Gasteiger partial charge in [0.15, 0.2) is 5.96 Å². The van der Waals surface area contributed by atoms with Gasteiger partial charge in [0, 0.05) is 31.9 Å². The normalized spacial score (nSPS) is 12.2. The van der Waals surface area contributed by atoms with Gasteiger partial charge < -0.3 is 15.4 Å². The van der Waals surface area contributed by atoms with Gasteiger partial charge in [0.25, 0.3) is 0 Å². The number of rotatable bonds is 6.